The van der Waals surface area contributed by atoms with Crippen molar-refractivity contribution in [3.8, 4) is 0 Å². The predicted octanol–water partition coefficient (Wildman–Crippen LogP) is 4.54. The fourth-order valence-corrected chi connectivity index (χ4v) is 3.06. The molecule has 0 N–H and O–H groups in total. The van der Waals surface area contributed by atoms with Crippen LogP contribution >= 0.6 is 11.8 Å². The van der Waals surface area contributed by atoms with Gasteiger partial charge in [0, 0.05) is 12.7 Å². The van der Waals surface area contributed by atoms with E-state index in [1.165, 1.54) is 17.3 Å². The molecule has 0 bridgehead atoms. The van der Waals surface area contributed by atoms with Crippen LogP contribution in [0.5, 0.6) is 0 Å². The molecule has 0 amide bonds. The van der Waals surface area contributed by atoms with Gasteiger partial charge in [-0.25, -0.2) is 0 Å². The molecule has 1 saturated heterocycles. The van der Waals surface area contributed by atoms with Crippen LogP contribution in [0.1, 0.15) is 52.7 Å². The second-order valence-electron chi connectivity index (χ2n) is 7.19. The van der Waals surface area contributed by atoms with E-state index in [0.29, 0.717) is 5.75 Å². The van der Waals surface area contributed by atoms with Gasteiger partial charge in [0.25, 0.3) is 0 Å². The molecule has 0 spiro atoms. The molecule has 0 atom stereocenters. The molecule has 24 heavy (non-hydrogen) atoms. The first-order chi connectivity index (χ1) is 11.1. The summed E-state index contributed by atoms with van der Waals surface area (Å²) in [5, 5.41) is 0.0970. The number of rotatable bonds is 5. The van der Waals surface area contributed by atoms with Gasteiger partial charge in [-0.2, -0.15) is 0 Å². The van der Waals surface area contributed by atoms with Gasteiger partial charge in [-0.15, -0.1) is 0 Å². The number of aryl methyl sites for hydroxylation is 1. The van der Waals surface area contributed by atoms with Gasteiger partial charge >= 0.3 is 7.12 Å². The standard InChI is InChI=1S/C19H27BO3S/c1-7-15-9-8-10-16(11-15)12-17(13-24-14(2)21)20-22-18(3,4)19(5,6)23-20/h8-12H,7,13H2,1-6H3. The second kappa shape index (κ2) is 7.46. The van der Waals surface area contributed by atoms with Gasteiger partial charge in [0.2, 0.25) is 0 Å². The second-order valence-corrected chi connectivity index (χ2v) is 8.34. The van der Waals surface area contributed by atoms with Crippen LogP contribution in [0.3, 0.4) is 0 Å². The van der Waals surface area contributed by atoms with Crippen LogP contribution in [-0.2, 0) is 20.5 Å². The van der Waals surface area contributed by atoms with Gasteiger partial charge in [-0.05, 0) is 50.7 Å². The van der Waals surface area contributed by atoms with Gasteiger partial charge in [0.15, 0.2) is 5.12 Å². The first-order valence-electron chi connectivity index (χ1n) is 8.43. The molecule has 0 saturated carbocycles. The van der Waals surface area contributed by atoms with E-state index in [-0.39, 0.29) is 16.3 Å². The Labute approximate surface area is 150 Å². The molecule has 0 radical (unpaired) electrons. The minimum atomic E-state index is -0.424. The van der Waals surface area contributed by atoms with E-state index < -0.39 is 7.12 Å². The Kier molecular flexibility index (Phi) is 6.00. The lowest BCUT2D eigenvalue weighted by Gasteiger charge is -2.32. The lowest BCUT2D eigenvalue weighted by molar-refractivity contribution is -0.109. The highest BCUT2D eigenvalue weighted by Crippen LogP contribution is 2.39. The third kappa shape index (κ3) is 4.53. The maximum atomic E-state index is 11.4. The molecule has 0 aliphatic carbocycles. The predicted molar refractivity (Wildman–Crippen MR) is 103 cm³/mol. The number of carbonyl (C=O) groups excluding carboxylic acids is 1. The van der Waals surface area contributed by atoms with E-state index >= 15 is 0 Å². The molecular formula is C19H27BO3S. The average Bonchev–Trinajstić information content (AvgIpc) is 2.71. The highest BCUT2D eigenvalue weighted by atomic mass is 32.2. The molecule has 0 unspecified atom stereocenters. The third-order valence-electron chi connectivity index (χ3n) is 4.71. The highest BCUT2D eigenvalue weighted by Gasteiger charge is 2.52. The summed E-state index contributed by atoms with van der Waals surface area (Å²) in [6.07, 6.45) is 3.09. The average molecular weight is 346 g/mol. The number of thioether (sulfide) groups is 1. The van der Waals surface area contributed by atoms with E-state index in [4.69, 9.17) is 9.31 Å². The fourth-order valence-electron chi connectivity index (χ4n) is 2.47. The Bertz CT molecular complexity index is 621. The SMILES string of the molecule is CCc1cccc(C=C(CSC(C)=O)B2OC(C)(C)C(C)(C)O2)c1. The molecule has 1 aliphatic heterocycles. The quantitative estimate of drug-likeness (QED) is 0.733. The Balaban J connectivity index is 2.31. The van der Waals surface area contributed by atoms with Crippen LogP contribution in [0.4, 0.5) is 0 Å². The molecule has 130 valence electrons. The van der Waals surface area contributed by atoms with Crippen molar-refractivity contribution in [3.05, 3.63) is 40.9 Å². The summed E-state index contributed by atoms with van der Waals surface area (Å²) in [6, 6.07) is 8.42. The molecule has 2 rings (SSSR count). The zero-order valence-corrected chi connectivity index (χ0v) is 16.3. The minimum Gasteiger partial charge on any atom is -0.400 e. The largest absolute Gasteiger partial charge is 0.491 e. The van der Waals surface area contributed by atoms with Crippen molar-refractivity contribution in [2.45, 2.75) is 59.2 Å². The highest BCUT2D eigenvalue weighted by molar-refractivity contribution is 8.13. The normalized spacial score (nSPS) is 19.6. The molecule has 3 nitrogen and oxygen atoms in total. The van der Waals surface area contributed by atoms with Gasteiger partial charge in [-0.3, -0.25) is 4.79 Å². The van der Waals surface area contributed by atoms with Crippen molar-refractivity contribution in [2.24, 2.45) is 0 Å². The molecule has 1 aliphatic rings. The van der Waals surface area contributed by atoms with Gasteiger partial charge in [0.05, 0.1) is 11.2 Å². The van der Waals surface area contributed by atoms with Crippen molar-refractivity contribution in [1.82, 2.24) is 0 Å². The molecule has 0 aromatic heterocycles. The smallest absolute Gasteiger partial charge is 0.400 e. The first-order valence-corrected chi connectivity index (χ1v) is 9.41. The van der Waals surface area contributed by atoms with Crippen LogP contribution < -0.4 is 0 Å². The number of carbonyl (C=O) groups is 1. The maximum Gasteiger partial charge on any atom is 0.491 e. The topological polar surface area (TPSA) is 35.5 Å². The van der Waals surface area contributed by atoms with Crippen LogP contribution in [0.2, 0.25) is 0 Å². The number of benzene rings is 1. The molecule has 1 aromatic carbocycles. The van der Waals surface area contributed by atoms with Crippen LogP contribution in [0.15, 0.2) is 29.7 Å². The maximum absolute atomic E-state index is 11.4. The number of hydrogen-bond donors (Lipinski definition) is 0. The minimum absolute atomic E-state index is 0.0970. The van der Waals surface area contributed by atoms with Gasteiger partial charge in [-0.1, -0.05) is 49.0 Å². The monoisotopic (exact) mass is 346 g/mol. The van der Waals surface area contributed by atoms with E-state index in [0.717, 1.165) is 17.5 Å². The summed E-state index contributed by atoms with van der Waals surface area (Å²) in [6.45, 7) is 11.9. The lowest BCUT2D eigenvalue weighted by atomic mass is 9.78. The number of hydrogen-bond acceptors (Lipinski definition) is 4. The van der Waals surface area contributed by atoms with Gasteiger partial charge in [0.1, 0.15) is 0 Å². The Morgan fingerprint density at radius 3 is 2.38 bits per heavy atom. The van der Waals surface area contributed by atoms with Crippen LogP contribution in [0.25, 0.3) is 6.08 Å². The van der Waals surface area contributed by atoms with E-state index in [1.807, 2.05) is 27.7 Å². The van der Waals surface area contributed by atoms with Crippen LogP contribution in [-0.4, -0.2) is 29.2 Å². The third-order valence-corrected chi connectivity index (χ3v) is 5.59. The summed E-state index contributed by atoms with van der Waals surface area (Å²) in [4.78, 5) is 11.4. The van der Waals surface area contributed by atoms with Crippen molar-refractivity contribution in [2.75, 3.05) is 5.75 Å². The van der Waals surface area contributed by atoms with Crippen molar-refractivity contribution >= 4 is 30.1 Å². The molecular weight excluding hydrogens is 319 g/mol. The summed E-state index contributed by atoms with van der Waals surface area (Å²) in [5.74, 6) is 0.572. The van der Waals surface area contributed by atoms with E-state index in [1.54, 1.807) is 6.92 Å². The summed E-state index contributed by atoms with van der Waals surface area (Å²) < 4.78 is 12.3. The fraction of sp³-hybridized carbons (Fsp3) is 0.526. The Morgan fingerprint density at radius 1 is 1.21 bits per heavy atom. The first kappa shape index (κ1) is 19.3. The van der Waals surface area contributed by atoms with Crippen molar-refractivity contribution < 1.29 is 14.1 Å². The summed E-state index contributed by atoms with van der Waals surface area (Å²) in [5.41, 5.74) is 2.62. The van der Waals surface area contributed by atoms with Crippen LogP contribution in [0, 0.1) is 0 Å². The molecule has 5 heteroatoms. The van der Waals surface area contributed by atoms with E-state index in [2.05, 4.69) is 37.3 Å². The molecule has 1 aromatic rings. The summed E-state index contributed by atoms with van der Waals surface area (Å²) >= 11 is 1.29. The summed E-state index contributed by atoms with van der Waals surface area (Å²) in [7, 11) is -0.424. The lowest BCUT2D eigenvalue weighted by Crippen LogP contribution is -2.41. The van der Waals surface area contributed by atoms with Gasteiger partial charge < -0.3 is 9.31 Å². The molecule has 1 fully saturated rings. The van der Waals surface area contributed by atoms with Crippen molar-refractivity contribution in [3.63, 3.8) is 0 Å². The molecule has 1 heterocycles. The Hall–Kier alpha value is -1.04. The zero-order valence-electron chi connectivity index (χ0n) is 15.5. The van der Waals surface area contributed by atoms with Crippen molar-refractivity contribution in [1.29, 1.82) is 0 Å². The zero-order chi connectivity index (χ0) is 18.0. The van der Waals surface area contributed by atoms with E-state index in [9.17, 15) is 4.79 Å². The Morgan fingerprint density at radius 2 is 1.83 bits per heavy atom.